The number of rotatable bonds is 5. The van der Waals surface area contributed by atoms with Crippen LogP contribution in [0.2, 0.25) is 0 Å². The minimum absolute atomic E-state index is 0. The Hall–Kier alpha value is -1.30. The average Bonchev–Trinajstić information content (AvgIpc) is 3.00. The lowest BCUT2D eigenvalue weighted by Crippen LogP contribution is -2.46. The van der Waals surface area contributed by atoms with Crippen LogP contribution in [0, 0.1) is 11.8 Å². The molecule has 4 rings (SSSR count). The van der Waals surface area contributed by atoms with Gasteiger partial charge in [0, 0.05) is 44.7 Å². The third-order valence-corrected chi connectivity index (χ3v) is 7.27. The molecule has 30 heavy (non-hydrogen) atoms. The van der Waals surface area contributed by atoms with Crippen LogP contribution in [0.1, 0.15) is 64.3 Å². The van der Waals surface area contributed by atoms with Crippen LogP contribution < -0.4 is 5.69 Å². The first-order valence-electron chi connectivity index (χ1n) is 11.8. The number of para-hydroxylation sites is 2. The van der Waals surface area contributed by atoms with Gasteiger partial charge in [-0.3, -0.25) is 9.13 Å². The Kier molecular flexibility index (Phi) is 8.44. The number of aliphatic hydroxyl groups excluding tert-OH is 1. The maximum atomic E-state index is 13.2. The average molecular weight is 436 g/mol. The summed E-state index contributed by atoms with van der Waals surface area (Å²) in [7, 11) is 0. The van der Waals surface area contributed by atoms with E-state index in [1.54, 1.807) is 0 Å². The number of aliphatic hydroxyl groups is 1. The molecule has 1 aliphatic heterocycles. The van der Waals surface area contributed by atoms with Gasteiger partial charge in [0.15, 0.2) is 0 Å². The highest BCUT2D eigenvalue weighted by Gasteiger charge is 2.33. The van der Waals surface area contributed by atoms with E-state index in [2.05, 4.69) is 11.0 Å². The number of aromatic nitrogens is 2. The van der Waals surface area contributed by atoms with Crippen molar-refractivity contribution in [2.75, 3.05) is 26.2 Å². The zero-order chi connectivity index (χ0) is 20.2. The van der Waals surface area contributed by atoms with E-state index in [-0.39, 0.29) is 36.7 Å². The molecule has 2 aliphatic rings. The van der Waals surface area contributed by atoms with E-state index in [9.17, 15) is 9.90 Å². The monoisotopic (exact) mass is 435 g/mol. The first-order valence-corrected chi connectivity index (χ1v) is 11.8. The minimum Gasteiger partial charge on any atom is -0.396 e. The van der Waals surface area contributed by atoms with Crippen LogP contribution in [0.25, 0.3) is 11.0 Å². The van der Waals surface area contributed by atoms with E-state index in [4.69, 9.17) is 0 Å². The lowest BCUT2D eigenvalue weighted by molar-refractivity contribution is 0.0647. The molecule has 168 valence electrons. The lowest BCUT2D eigenvalue weighted by Gasteiger charge is -2.40. The fourth-order valence-electron chi connectivity index (χ4n) is 5.73. The smallest absolute Gasteiger partial charge is 0.329 e. The number of benzene rings is 1. The van der Waals surface area contributed by atoms with Gasteiger partial charge < -0.3 is 10.0 Å². The molecule has 0 bridgehead atoms. The molecule has 0 spiro atoms. The number of aryl methyl sites for hydroxylation is 1. The summed E-state index contributed by atoms with van der Waals surface area (Å²) in [5.74, 6) is 0.919. The molecule has 1 aromatic carbocycles. The van der Waals surface area contributed by atoms with Crippen molar-refractivity contribution in [3.63, 3.8) is 0 Å². The molecule has 1 aliphatic carbocycles. The Morgan fingerprint density at radius 1 is 1.00 bits per heavy atom. The second-order valence-electron chi connectivity index (χ2n) is 9.15. The minimum atomic E-state index is 0. The highest BCUT2D eigenvalue weighted by Crippen LogP contribution is 2.32. The summed E-state index contributed by atoms with van der Waals surface area (Å²) in [6.45, 7) is 5.93. The molecular weight excluding hydrogens is 398 g/mol. The van der Waals surface area contributed by atoms with Gasteiger partial charge in [-0.2, -0.15) is 0 Å². The standard InChI is InChI=1S/C24H37N3O2.ClH/c1-2-26-22-12-8-9-13-23(22)27(24(26)29)21-14-15-25(17-20(21)18-28)16-19-10-6-4-3-5-7-11-19;/h8-9,12-13,19-21,28H,2-7,10-11,14-18H2,1H3;1H. The van der Waals surface area contributed by atoms with Crippen LogP contribution in [0.15, 0.2) is 29.1 Å². The largest absolute Gasteiger partial charge is 0.396 e. The normalized spacial score (nSPS) is 24.3. The molecule has 1 N–H and O–H groups in total. The van der Waals surface area contributed by atoms with Crippen molar-refractivity contribution in [3.05, 3.63) is 34.7 Å². The molecule has 1 saturated carbocycles. The fourth-order valence-corrected chi connectivity index (χ4v) is 5.73. The fraction of sp³-hybridized carbons (Fsp3) is 0.708. The van der Waals surface area contributed by atoms with Gasteiger partial charge in [0.2, 0.25) is 0 Å². The number of hydrogen-bond donors (Lipinski definition) is 1. The van der Waals surface area contributed by atoms with Crippen LogP contribution in [0.5, 0.6) is 0 Å². The van der Waals surface area contributed by atoms with Crippen LogP contribution in [-0.2, 0) is 6.54 Å². The molecule has 0 radical (unpaired) electrons. The predicted molar refractivity (Wildman–Crippen MR) is 126 cm³/mol. The van der Waals surface area contributed by atoms with Crippen molar-refractivity contribution in [2.24, 2.45) is 11.8 Å². The van der Waals surface area contributed by atoms with Crippen LogP contribution in [0.4, 0.5) is 0 Å². The number of nitrogens with zero attached hydrogens (tertiary/aromatic N) is 3. The Morgan fingerprint density at radius 3 is 2.33 bits per heavy atom. The number of hydrogen-bond acceptors (Lipinski definition) is 3. The number of piperidine rings is 1. The summed E-state index contributed by atoms with van der Waals surface area (Å²) in [4.78, 5) is 15.7. The Morgan fingerprint density at radius 2 is 1.67 bits per heavy atom. The zero-order valence-corrected chi connectivity index (χ0v) is 19.2. The maximum Gasteiger partial charge on any atom is 0.329 e. The van der Waals surface area contributed by atoms with Crippen LogP contribution in [-0.4, -0.2) is 45.4 Å². The second-order valence-corrected chi connectivity index (χ2v) is 9.15. The molecule has 2 fully saturated rings. The van der Waals surface area contributed by atoms with Crippen molar-refractivity contribution < 1.29 is 5.11 Å². The molecule has 0 amide bonds. The summed E-state index contributed by atoms with van der Waals surface area (Å²) in [5, 5.41) is 10.2. The first kappa shape index (κ1) is 23.4. The lowest BCUT2D eigenvalue weighted by atomic mass is 9.88. The van der Waals surface area contributed by atoms with Crippen LogP contribution >= 0.6 is 12.4 Å². The zero-order valence-electron chi connectivity index (χ0n) is 18.3. The molecule has 6 heteroatoms. The van der Waals surface area contributed by atoms with E-state index in [1.165, 1.54) is 44.9 Å². The molecule has 1 saturated heterocycles. The highest BCUT2D eigenvalue weighted by atomic mass is 35.5. The molecule has 2 heterocycles. The van der Waals surface area contributed by atoms with Gasteiger partial charge in [-0.25, -0.2) is 4.79 Å². The third-order valence-electron chi connectivity index (χ3n) is 7.27. The van der Waals surface area contributed by atoms with Crippen LogP contribution in [0.3, 0.4) is 0 Å². The number of imidazole rings is 1. The molecule has 2 unspecified atom stereocenters. The molecule has 2 atom stereocenters. The summed E-state index contributed by atoms with van der Waals surface area (Å²) < 4.78 is 3.84. The van der Waals surface area contributed by atoms with Crippen molar-refractivity contribution in [1.29, 1.82) is 0 Å². The summed E-state index contributed by atoms with van der Waals surface area (Å²) in [6, 6.07) is 8.18. The highest BCUT2D eigenvalue weighted by molar-refractivity contribution is 5.85. The van der Waals surface area contributed by atoms with Crippen molar-refractivity contribution in [2.45, 2.75) is 70.9 Å². The molecule has 1 aromatic heterocycles. The van der Waals surface area contributed by atoms with Gasteiger partial charge in [-0.05, 0) is 44.2 Å². The maximum absolute atomic E-state index is 13.2. The Balaban J connectivity index is 0.00000256. The van der Waals surface area contributed by atoms with E-state index in [1.807, 2.05) is 34.3 Å². The summed E-state index contributed by atoms with van der Waals surface area (Å²) >= 11 is 0. The van der Waals surface area contributed by atoms with Gasteiger partial charge in [0.1, 0.15) is 0 Å². The van der Waals surface area contributed by atoms with Gasteiger partial charge in [-0.15, -0.1) is 12.4 Å². The van der Waals surface area contributed by atoms with Gasteiger partial charge >= 0.3 is 5.69 Å². The van der Waals surface area contributed by atoms with E-state index >= 15 is 0 Å². The van der Waals surface area contributed by atoms with Crippen molar-refractivity contribution >= 4 is 23.4 Å². The Labute approximate surface area is 186 Å². The quantitative estimate of drug-likeness (QED) is 0.754. The van der Waals surface area contributed by atoms with Crippen molar-refractivity contribution in [3.8, 4) is 0 Å². The first-order chi connectivity index (χ1) is 14.2. The topological polar surface area (TPSA) is 50.4 Å². The number of fused-ring (bicyclic) bond motifs is 1. The Bertz CT molecular complexity index is 854. The summed E-state index contributed by atoms with van der Waals surface area (Å²) in [5.41, 5.74) is 2.09. The van der Waals surface area contributed by atoms with E-state index in [0.717, 1.165) is 43.0 Å². The van der Waals surface area contributed by atoms with Gasteiger partial charge in [-0.1, -0.05) is 44.2 Å². The third kappa shape index (κ3) is 4.79. The van der Waals surface area contributed by atoms with Crippen molar-refractivity contribution in [1.82, 2.24) is 14.0 Å². The molecule has 2 aromatic rings. The molecule has 5 nitrogen and oxygen atoms in total. The SMILES string of the molecule is CCn1c(=O)n(C2CCN(CC3CCCCCCC3)CC2CO)c2ccccc21.Cl. The van der Waals surface area contributed by atoms with Gasteiger partial charge in [0.05, 0.1) is 11.0 Å². The number of halogens is 1. The van der Waals surface area contributed by atoms with E-state index < -0.39 is 0 Å². The predicted octanol–water partition coefficient (Wildman–Crippen LogP) is 4.46. The second kappa shape index (κ2) is 10.8. The van der Waals surface area contributed by atoms with E-state index in [0.29, 0.717) is 6.54 Å². The number of likely N-dealkylation sites (tertiary alicyclic amines) is 1. The summed E-state index contributed by atoms with van der Waals surface area (Å²) in [6.07, 6.45) is 10.6. The van der Waals surface area contributed by atoms with Gasteiger partial charge in [0.25, 0.3) is 0 Å². The molecular formula is C24H38ClN3O2.